The van der Waals surface area contributed by atoms with Gasteiger partial charge in [0, 0.05) is 6.61 Å². The average Bonchev–Trinajstić information content (AvgIpc) is 2.25. The third-order valence-corrected chi connectivity index (χ3v) is 3.11. The Morgan fingerprint density at radius 1 is 1.47 bits per heavy atom. The number of nitrogens with two attached hydrogens (primary N) is 1. The highest BCUT2D eigenvalue weighted by Crippen LogP contribution is 2.24. The molecule has 0 spiro atoms. The molecule has 0 radical (unpaired) electrons. The minimum atomic E-state index is -0.207. The second-order valence-corrected chi connectivity index (χ2v) is 4.13. The molecule has 3 N–H and O–H groups in total. The maximum absolute atomic E-state index is 5.79. The predicted octanol–water partition coefficient (Wildman–Crippen LogP) is 2.38. The Hall–Kier alpha value is -0.380. The number of rotatable bonds is 8. The molecule has 3 heteroatoms. The van der Waals surface area contributed by atoms with E-state index >= 15 is 0 Å². The fraction of sp³-hybridized carbons (Fsp3) is 0.833. The fourth-order valence-electron chi connectivity index (χ4n) is 1.66. The molecule has 2 atom stereocenters. The van der Waals surface area contributed by atoms with Crippen LogP contribution in [0.5, 0.6) is 0 Å². The second kappa shape index (κ2) is 6.99. The first-order valence-corrected chi connectivity index (χ1v) is 5.80. The largest absolute Gasteiger partial charge is 0.374 e. The smallest absolute Gasteiger partial charge is 0.0820 e. The molecule has 2 unspecified atom stereocenters. The van der Waals surface area contributed by atoms with Crippen molar-refractivity contribution in [3.63, 3.8) is 0 Å². The zero-order valence-corrected chi connectivity index (χ0v) is 10.6. The molecule has 0 bridgehead atoms. The molecule has 0 aliphatic rings. The topological polar surface area (TPSA) is 47.3 Å². The fourth-order valence-corrected chi connectivity index (χ4v) is 1.66. The van der Waals surface area contributed by atoms with Crippen molar-refractivity contribution in [1.82, 2.24) is 5.43 Å². The molecule has 90 valence electrons. The summed E-state index contributed by atoms with van der Waals surface area (Å²) in [5.74, 6) is 5.60. The highest BCUT2D eigenvalue weighted by atomic mass is 16.5. The summed E-state index contributed by atoms with van der Waals surface area (Å²) >= 11 is 0. The Morgan fingerprint density at radius 3 is 2.40 bits per heavy atom. The van der Waals surface area contributed by atoms with Crippen molar-refractivity contribution >= 4 is 0 Å². The van der Waals surface area contributed by atoms with E-state index in [1.54, 1.807) is 0 Å². The third kappa shape index (κ3) is 4.33. The molecule has 0 saturated carbocycles. The first-order valence-electron chi connectivity index (χ1n) is 5.80. The summed E-state index contributed by atoms with van der Waals surface area (Å²) in [5, 5.41) is 0. The summed E-state index contributed by atoms with van der Waals surface area (Å²) in [6.07, 6.45) is 2.80. The zero-order chi connectivity index (χ0) is 11.9. The van der Waals surface area contributed by atoms with Gasteiger partial charge in [0.2, 0.25) is 0 Å². The van der Waals surface area contributed by atoms with E-state index in [0.717, 1.165) is 19.3 Å². The first kappa shape index (κ1) is 14.6. The number of nitrogens with one attached hydrogen (secondary N) is 1. The Labute approximate surface area is 94.0 Å². The summed E-state index contributed by atoms with van der Waals surface area (Å²) in [6, 6.07) is 0.134. The monoisotopic (exact) mass is 214 g/mol. The summed E-state index contributed by atoms with van der Waals surface area (Å²) in [5.41, 5.74) is 3.86. The van der Waals surface area contributed by atoms with Crippen LogP contribution in [0.4, 0.5) is 0 Å². The van der Waals surface area contributed by atoms with Gasteiger partial charge in [0.15, 0.2) is 0 Å². The van der Waals surface area contributed by atoms with Crippen LogP contribution in [0, 0.1) is 0 Å². The van der Waals surface area contributed by atoms with Gasteiger partial charge in [-0.15, -0.1) is 0 Å². The van der Waals surface area contributed by atoms with Gasteiger partial charge in [0.1, 0.15) is 0 Å². The molecule has 3 nitrogen and oxygen atoms in total. The molecule has 0 aromatic carbocycles. The quantitative estimate of drug-likeness (QED) is 0.370. The lowest BCUT2D eigenvalue weighted by Gasteiger charge is -2.36. The summed E-state index contributed by atoms with van der Waals surface area (Å²) in [7, 11) is 0. The van der Waals surface area contributed by atoms with Crippen molar-refractivity contribution in [1.29, 1.82) is 0 Å². The van der Waals surface area contributed by atoms with Crippen LogP contribution in [0.1, 0.15) is 47.0 Å². The van der Waals surface area contributed by atoms with Gasteiger partial charge < -0.3 is 4.74 Å². The Balaban J connectivity index is 4.52. The van der Waals surface area contributed by atoms with Gasteiger partial charge in [0.25, 0.3) is 0 Å². The molecule has 0 aromatic rings. The average molecular weight is 214 g/mol. The maximum Gasteiger partial charge on any atom is 0.0820 e. The van der Waals surface area contributed by atoms with Crippen LogP contribution in [0.15, 0.2) is 12.2 Å². The van der Waals surface area contributed by atoms with Crippen LogP contribution in [0.2, 0.25) is 0 Å². The van der Waals surface area contributed by atoms with E-state index in [1.807, 2.05) is 6.92 Å². The number of hydrazine groups is 1. The van der Waals surface area contributed by atoms with Crippen LogP contribution in [-0.2, 0) is 4.74 Å². The molecule has 0 rings (SSSR count). The van der Waals surface area contributed by atoms with E-state index < -0.39 is 0 Å². The van der Waals surface area contributed by atoms with Gasteiger partial charge in [-0.2, -0.15) is 0 Å². The molecule has 0 heterocycles. The Morgan fingerprint density at radius 2 is 2.07 bits per heavy atom. The van der Waals surface area contributed by atoms with Gasteiger partial charge >= 0.3 is 0 Å². The van der Waals surface area contributed by atoms with Crippen LogP contribution < -0.4 is 11.3 Å². The maximum atomic E-state index is 5.79. The van der Waals surface area contributed by atoms with Crippen LogP contribution in [0.25, 0.3) is 0 Å². The summed E-state index contributed by atoms with van der Waals surface area (Å²) in [4.78, 5) is 0. The normalized spacial score (nSPS) is 17.1. The minimum absolute atomic E-state index is 0.134. The van der Waals surface area contributed by atoms with Gasteiger partial charge in [0.05, 0.1) is 11.6 Å². The highest BCUT2D eigenvalue weighted by Gasteiger charge is 2.32. The van der Waals surface area contributed by atoms with Gasteiger partial charge in [-0.1, -0.05) is 26.0 Å². The van der Waals surface area contributed by atoms with Gasteiger partial charge in [-0.3, -0.25) is 11.3 Å². The Bertz CT molecular complexity index is 194. The van der Waals surface area contributed by atoms with E-state index in [2.05, 4.69) is 32.8 Å². The van der Waals surface area contributed by atoms with Gasteiger partial charge in [-0.05, 0) is 33.1 Å². The molecule has 0 aliphatic heterocycles. The van der Waals surface area contributed by atoms with Crippen molar-refractivity contribution in [3.8, 4) is 0 Å². The lowest BCUT2D eigenvalue weighted by atomic mass is 9.88. The van der Waals surface area contributed by atoms with E-state index in [0.29, 0.717) is 6.61 Å². The molecule has 0 aliphatic carbocycles. The van der Waals surface area contributed by atoms with E-state index in [1.165, 1.54) is 5.57 Å². The van der Waals surface area contributed by atoms with Crippen LogP contribution in [0.3, 0.4) is 0 Å². The van der Waals surface area contributed by atoms with Crippen molar-refractivity contribution in [3.05, 3.63) is 12.2 Å². The lowest BCUT2D eigenvalue weighted by molar-refractivity contribution is -0.0551. The van der Waals surface area contributed by atoms with Crippen molar-refractivity contribution in [2.75, 3.05) is 6.61 Å². The zero-order valence-electron chi connectivity index (χ0n) is 10.6. The second-order valence-electron chi connectivity index (χ2n) is 4.13. The molecule has 0 saturated heterocycles. The lowest BCUT2D eigenvalue weighted by Crippen LogP contribution is -2.53. The van der Waals surface area contributed by atoms with E-state index in [4.69, 9.17) is 10.6 Å². The molecule has 0 fully saturated rings. The number of hydrogen-bond acceptors (Lipinski definition) is 3. The standard InChI is InChI=1S/C12H26N2O/c1-6-10(4)9-11(14-13)12(5,7-2)15-8-3/h11,14H,4,6-9,13H2,1-3,5H3. The molecule has 0 aromatic heterocycles. The van der Waals surface area contributed by atoms with Crippen molar-refractivity contribution in [2.24, 2.45) is 5.84 Å². The molecular formula is C12H26N2O. The van der Waals surface area contributed by atoms with Gasteiger partial charge in [-0.25, -0.2) is 0 Å². The van der Waals surface area contributed by atoms with E-state index in [-0.39, 0.29) is 11.6 Å². The van der Waals surface area contributed by atoms with Crippen molar-refractivity contribution in [2.45, 2.75) is 58.6 Å². The number of ether oxygens (including phenoxy) is 1. The van der Waals surface area contributed by atoms with Crippen LogP contribution >= 0.6 is 0 Å². The number of hydrogen-bond donors (Lipinski definition) is 2. The van der Waals surface area contributed by atoms with Crippen molar-refractivity contribution < 1.29 is 4.74 Å². The highest BCUT2D eigenvalue weighted by molar-refractivity contribution is 5.01. The third-order valence-electron chi connectivity index (χ3n) is 3.11. The minimum Gasteiger partial charge on any atom is -0.374 e. The molecule has 0 amide bonds. The van der Waals surface area contributed by atoms with E-state index in [9.17, 15) is 0 Å². The predicted molar refractivity (Wildman–Crippen MR) is 65.5 cm³/mol. The molecular weight excluding hydrogens is 188 g/mol. The Kier molecular flexibility index (Phi) is 6.81. The summed E-state index contributed by atoms with van der Waals surface area (Å²) < 4.78 is 5.79. The molecule has 15 heavy (non-hydrogen) atoms. The first-order chi connectivity index (χ1) is 7.03. The van der Waals surface area contributed by atoms with Crippen LogP contribution in [-0.4, -0.2) is 18.2 Å². The SMILES string of the molecule is C=C(CC)CC(NN)C(C)(CC)OCC. The summed E-state index contributed by atoms with van der Waals surface area (Å²) in [6.45, 7) is 13.1.